The van der Waals surface area contributed by atoms with E-state index in [9.17, 15) is 68.7 Å². The number of amides is 2. The van der Waals surface area contributed by atoms with Crippen LogP contribution in [-0.4, -0.2) is 170 Å². The number of esters is 4. The van der Waals surface area contributed by atoms with Crippen molar-refractivity contribution in [3.05, 3.63) is 0 Å². The van der Waals surface area contributed by atoms with E-state index in [4.69, 9.17) is 37.7 Å². The standard InChI is InChI=1S/C96H181N2O22P/c1-7-13-19-25-31-37-38-39-40-46-52-58-63-69-85(104)114-79(67-61-55-49-43-34-28-22-16-10-4)73-84(103)97-89-93(118-87(106)72-78(101)66-60-54-48-42-33-27-21-15-9-3)91(108)82(116-95(89)109)76-113-96-90(98-83(102)71-77(100)65-59-53-47-41-32-26-20-14-8-2)94(92(81(75-99)117-96)120-121(110,111)112)119-88(107)74-80(68-62-56-50-44-35-29-23-17-11-5)115-86(105)70-64-57-51-45-36-30-24-18-12-6/h77-82,89-96,99-101,108-109H,7-76H2,1-6H3,(H,97,103)(H,98,102)(H2,110,111,112)/t77?,78?,79?,80?,81?,82?,89?,90?,91-,92-,93-,94-,95?,96-/m1/s1. The molecule has 24 nitrogen and oxygen atoms in total. The molecule has 0 aliphatic carbocycles. The second kappa shape index (κ2) is 76.6. The highest BCUT2D eigenvalue weighted by Crippen LogP contribution is 2.43. The van der Waals surface area contributed by atoms with Gasteiger partial charge in [-0.05, 0) is 51.4 Å². The normalized spacial score (nSPS) is 20.4. The van der Waals surface area contributed by atoms with E-state index in [1.54, 1.807) is 0 Å². The molecule has 2 saturated heterocycles. The van der Waals surface area contributed by atoms with E-state index < -0.39 is 162 Å². The molecule has 14 atom stereocenters. The van der Waals surface area contributed by atoms with Gasteiger partial charge in [-0.3, -0.25) is 33.3 Å². The van der Waals surface area contributed by atoms with Crippen LogP contribution in [-0.2, 0) is 71.0 Å². The Morgan fingerprint density at radius 1 is 0.347 bits per heavy atom. The van der Waals surface area contributed by atoms with Gasteiger partial charge < -0.3 is 79.1 Å². The van der Waals surface area contributed by atoms with Crippen LogP contribution in [0.15, 0.2) is 0 Å². The molecular weight excluding hydrogens is 1560 g/mol. The first kappa shape index (κ1) is 114. The highest BCUT2D eigenvalue weighted by Gasteiger charge is 2.54. The molecule has 0 aromatic carbocycles. The zero-order valence-corrected chi connectivity index (χ0v) is 78.2. The number of rotatable bonds is 84. The number of hydrogen-bond acceptors (Lipinski definition) is 20. The third-order valence-corrected chi connectivity index (χ3v) is 24.6. The molecule has 0 spiro atoms. The lowest BCUT2D eigenvalue weighted by Crippen LogP contribution is -2.68. The molecule has 2 fully saturated rings. The SMILES string of the molecule is CCCCCCCCCCCCCCCC(=O)OC(CCCCCCCCCCC)CC(=O)NC1C(O)OC(CO[C@@H]2OC(CO)[C@@H](OP(=O)(O)O)[C@H](OC(=O)CC(CCCCCCCCCCC)OC(=O)CCCCCCCCCCC)C2NC(=O)CC(O)CCCCCCCCCCC)[C@@H](O)[C@@H]1OC(=O)CC(O)CCCCCCCCCCC. The molecule has 712 valence electrons. The average molecular weight is 1750 g/mol. The van der Waals surface area contributed by atoms with Gasteiger partial charge in [-0.1, -0.05) is 388 Å². The van der Waals surface area contributed by atoms with Crippen molar-refractivity contribution in [1.29, 1.82) is 0 Å². The van der Waals surface area contributed by atoms with Crippen molar-refractivity contribution in [3.8, 4) is 0 Å². The molecular formula is C96H181N2O22P. The van der Waals surface area contributed by atoms with E-state index in [0.29, 0.717) is 44.9 Å². The van der Waals surface area contributed by atoms with Gasteiger partial charge in [-0.2, -0.15) is 0 Å². The highest BCUT2D eigenvalue weighted by atomic mass is 31.2. The summed E-state index contributed by atoms with van der Waals surface area (Å²) in [4.78, 5) is 106. The van der Waals surface area contributed by atoms with Crippen LogP contribution in [0.2, 0.25) is 0 Å². The molecule has 2 rings (SSSR count). The Morgan fingerprint density at radius 3 is 1.02 bits per heavy atom. The quantitative estimate of drug-likeness (QED) is 0.0118. The molecule has 2 aliphatic heterocycles. The Hall–Kier alpha value is -3.39. The summed E-state index contributed by atoms with van der Waals surface area (Å²) in [6.07, 6.45) is 41.2. The second-order valence-corrected chi connectivity index (χ2v) is 36.8. The predicted octanol–water partition coefficient (Wildman–Crippen LogP) is 21.3. The molecule has 25 heteroatoms. The number of phosphoric acid groups is 1. The van der Waals surface area contributed by atoms with Gasteiger partial charge in [0.25, 0.3) is 0 Å². The smallest absolute Gasteiger partial charge is 0.462 e. The summed E-state index contributed by atoms with van der Waals surface area (Å²) < 4.78 is 61.4. The fourth-order valence-electron chi connectivity index (χ4n) is 16.7. The summed E-state index contributed by atoms with van der Waals surface area (Å²) in [6, 6.07) is -3.47. The lowest BCUT2D eigenvalue weighted by molar-refractivity contribution is -0.298. The Morgan fingerprint density at radius 2 is 0.653 bits per heavy atom. The third kappa shape index (κ3) is 60.9. The fraction of sp³-hybridized carbons (Fsp3) is 0.938. The minimum Gasteiger partial charge on any atom is -0.462 e. The van der Waals surface area contributed by atoms with E-state index in [2.05, 4.69) is 52.2 Å². The van der Waals surface area contributed by atoms with E-state index >= 15 is 0 Å². The Bertz CT molecular complexity index is 2550. The lowest BCUT2D eigenvalue weighted by atomic mass is 9.95. The first-order valence-corrected chi connectivity index (χ1v) is 51.5. The number of ether oxygens (including phenoxy) is 7. The van der Waals surface area contributed by atoms with Crippen LogP contribution in [0.4, 0.5) is 0 Å². The summed E-state index contributed by atoms with van der Waals surface area (Å²) in [5.74, 6) is -4.50. The monoisotopic (exact) mass is 1750 g/mol. The van der Waals surface area contributed by atoms with Crippen LogP contribution >= 0.6 is 7.82 Å². The average Bonchev–Trinajstić information content (AvgIpc) is 0.787. The van der Waals surface area contributed by atoms with Crippen molar-refractivity contribution in [3.63, 3.8) is 0 Å². The first-order valence-electron chi connectivity index (χ1n) is 50.0. The van der Waals surface area contributed by atoms with E-state index in [0.717, 1.165) is 212 Å². The summed E-state index contributed by atoms with van der Waals surface area (Å²) in [6.45, 7) is 11.3. The number of carbonyl (C=O) groups is 6. The molecule has 2 aliphatic rings. The van der Waals surface area contributed by atoms with Gasteiger partial charge >= 0.3 is 31.7 Å². The maximum Gasteiger partial charge on any atom is 0.470 e. The Balaban J connectivity index is 2.65. The van der Waals surface area contributed by atoms with Crippen molar-refractivity contribution >= 4 is 43.5 Å². The Labute approximate surface area is 733 Å². The molecule has 9 unspecified atom stereocenters. The number of aliphatic hydroxyl groups excluding tert-OH is 5. The van der Waals surface area contributed by atoms with Gasteiger partial charge in [0.15, 0.2) is 24.8 Å². The van der Waals surface area contributed by atoms with E-state index in [1.807, 2.05) is 0 Å². The van der Waals surface area contributed by atoms with Crippen molar-refractivity contribution in [2.24, 2.45) is 0 Å². The molecule has 0 bridgehead atoms. The molecule has 0 radical (unpaired) electrons. The van der Waals surface area contributed by atoms with Gasteiger partial charge in [-0.15, -0.1) is 0 Å². The van der Waals surface area contributed by atoms with Gasteiger partial charge in [0.1, 0.15) is 48.7 Å². The van der Waals surface area contributed by atoms with Crippen LogP contribution in [0.25, 0.3) is 0 Å². The second-order valence-electron chi connectivity index (χ2n) is 35.7. The largest absolute Gasteiger partial charge is 0.470 e. The van der Waals surface area contributed by atoms with Crippen LogP contribution in [0, 0.1) is 0 Å². The highest BCUT2D eigenvalue weighted by molar-refractivity contribution is 7.46. The number of nitrogens with one attached hydrogen (secondary N) is 2. The van der Waals surface area contributed by atoms with Crippen molar-refractivity contribution in [2.75, 3.05) is 13.2 Å². The summed E-state index contributed by atoms with van der Waals surface area (Å²) in [7, 11) is -5.59. The van der Waals surface area contributed by atoms with Gasteiger partial charge in [0.2, 0.25) is 11.8 Å². The summed E-state index contributed by atoms with van der Waals surface area (Å²) in [5, 5.41) is 63.8. The third-order valence-electron chi connectivity index (χ3n) is 24.1. The number of aliphatic hydroxyl groups is 5. The molecule has 121 heavy (non-hydrogen) atoms. The number of carbonyl (C=O) groups excluding carboxylic acids is 6. The van der Waals surface area contributed by atoms with Gasteiger partial charge in [-0.25, -0.2) is 4.57 Å². The molecule has 0 aromatic rings. The minimum atomic E-state index is -5.59. The first-order chi connectivity index (χ1) is 58.6. The van der Waals surface area contributed by atoms with Crippen LogP contribution in [0.5, 0.6) is 0 Å². The van der Waals surface area contributed by atoms with E-state index in [1.165, 1.54) is 122 Å². The molecule has 9 N–H and O–H groups in total. The van der Waals surface area contributed by atoms with Gasteiger partial charge in [0, 0.05) is 12.8 Å². The molecule has 2 heterocycles. The van der Waals surface area contributed by atoms with E-state index in [-0.39, 0.29) is 38.5 Å². The predicted molar refractivity (Wildman–Crippen MR) is 479 cm³/mol. The van der Waals surface area contributed by atoms with Gasteiger partial charge in [0.05, 0.1) is 51.1 Å². The zero-order valence-electron chi connectivity index (χ0n) is 77.3. The number of phosphoric ester groups is 1. The van der Waals surface area contributed by atoms with Crippen molar-refractivity contribution in [2.45, 2.75) is 564 Å². The molecule has 2 amide bonds. The Kier molecular flexibility index (Phi) is 72.0. The topological polar surface area (TPSA) is 359 Å². The molecule has 0 aromatic heterocycles. The summed E-state index contributed by atoms with van der Waals surface area (Å²) >= 11 is 0. The number of hydrogen-bond donors (Lipinski definition) is 9. The summed E-state index contributed by atoms with van der Waals surface area (Å²) in [5.41, 5.74) is 0. The van der Waals surface area contributed by atoms with Crippen molar-refractivity contribution in [1.82, 2.24) is 10.6 Å². The zero-order chi connectivity index (χ0) is 88.6. The molecule has 0 saturated carbocycles. The maximum absolute atomic E-state index is 14.8. The lowest BCUT2D eigenvalue weighted by Gasteiger charge is -2.46. The van der Waals surface area contributed by atoms with Crippen molar-refractivity contribution < 1.29 is 106 Å². The fourth-order valence-corrected chi connectivity index (χ4v) is 17.3. The van der Waals surface area contributed by atoms with Crippen LogP contribution in [0.1, 0.15) is 478 Å². The van der Waals surface area contributed by atoms with Crippen LogP contribution < -0.4 is 10.6 Å². The number of unbranched alkanes of at least 4 members (excludes halogenated alkanes) is 52. The minimum absolute atomic E-state index is 0.114. The maximum atomic E-state index is 14.8. The van der Waals surface area contributed by atoms with Crippen LogP contribution in [0.3, 0.4) is 0 Å².